The Kier molecular flexibility index (Phi) is 4.05. The summed E-state index contributed by atoms with van der Waals surface area (Å²) >= 11 is 0. The molecule has 4 heteroatoms. The van der Waals surface area contributed by atoms with Gasteiger partial charge in [-0.05, 0) is 19.9 Å². The Morgan fingerprint density at radius 3 is 2.88 bits per heavy atom. The molecule has 0 bridgehead atoms. The van der Waals surface area contributed by atoms with E-state index in [-0.39, 0.29) is 11.5 Å². The number of esters is 1. The van der Waals surface area contributed by atoms with E-state index in [1.54, 1.807) is 42.8 Å². The number of methoxy groups -OCH3 is 1. The van der Waals surface area contributed by atoms with Gasteiger partial charge in [0, 0.05) is 23.9 Å². The number of nitrogens with zero attached hydrogens (tertiary/aromatic N) is 1. The highest BCUT2D eigenvalue weighted by Gasteiger charge is 2.02. The van der Waals surface area contributed by atoms with E-state index in [1.807, 2.05) is 0 Å². The van der Waals surface area contributed by atoms with Crippen LogP contribution in [0.15, 0.2) is 34.8 Å². The molecule has 4 nitrogen and oxygen atoms in total. The average molecular weight is 221 g/mol. The van der Waals surface area contributed by atoms with Gasteiger partial charge >= 0.3 is 5.97 Å². The molecule has 0 aromatic carbocycles. The lowest BCUT2D eigenvalue weighted by molar-refractivity contribution is -0.136. The van der Waals surface area contributed by atoms with Gasteiger partial charge in [0.05, 0.1) is 7.11 Å². The summed E-state index contributed by atoms with van der Waals surface area (Å²) in [7, 11) is 1.33. The zero-order valence-electron chi connectivity index (χ0n) is 9.69. The Balaban J connectivity index is 2.87. The third-order valence-corrected chi connectivity index (χ3v) is 2.31. The van der Waals surface area contributed by atoms with Gasteiger partial charge in [0.15, 0.2) is 0 Å². The second-order valence-corrected chi connectivity index (χ2v) is 3.53. The topological polar surface area (TPSA) is 48.3 Å². The van der Waals surface area contributed by atoms with Crippen LogP contribution < -0.4 is 5.56 Å². The minimum absolute atomic E-state index is 0.0450. The Bertz CT molecular complexity index is 471. The minimum Gasteiger partial charge on any atom is -0.466 e. The molecule has 0 amide bonds. The molecule has 0 unspecified atom stereocenters. The van der Waals surface area contributed by atoms with E-state index in [0.717, 1.165) is 0 Å². The molecule has 0 N–H and O–H groups in total. The summed E-state index contributed by atoms with van der Waals surface area (Å²) < 4.78 is 6.10. The molecule has 16 heavy (non-hydrogen) atoms. The molecular formula is C12H15NO3. The van der Waals surface area contributed by atoms with Crippen molar-refractivity contribution in [2.24, 2.45) is 0 Å². The molecule has 0 saturated carbocycles. The van der Waals surface area contributed by atoms with E-state index < -0.39 is 0 Å². The quantitative estimate of drug-likeness (QED) is 0.570. The van der Waals surface area contributed by atoms with E-state index in [1.165, 1.54) is 7.11 Å². The van der Waals surface area contributed by atoms with Crippen LogP contribution >= 0.6 is 0 Å². The summed E-state index contributed by atoms with van der Waals surface area (Å²) in [6.45, 7) is 3.80. The number of carbonyl (C=O) groups is 1. The molecule has 0 fully saturated rings. The van der Waals surface area contributed by atoms with Gasteiger partial charge in [-0.3, -0.25) is 4.79 Å². The second-order valence-electron chi connectivity index (χ2n) is 3.53. The van der Waals surface area contributed by atoms with Crippen LogP contribution in [0.2, 0.25) is 0 Å². The Morgan fingerprint density at radius 1 is 1.56 bits per heavy atom. The fourth-order valence-corrected chi connectivity index (χ4v) is 1.28. The Hall–Kier alpha value is -1.84. The highest BCUT2D eigenvalue weighted by Crippen LogP contribution is 1.97. The van der Waals surface area contributed by atoms with Crippen LogP contribution in [0, 0.1) is 6.92 Å². The summed E-state index contributed by atoms with van der Waals surface area (Å²) in [5.41, 5.74) is 1.14. The molecule has 0 aliphatic heterocycles. The first-order chi connectivity index (χ1) is 7.56. The van der Waals surface area contributed by atoms with Crippen molar-refractivity contribution in [1.82, 2.24) is 4.57 Å². The SMILES string of the molecule is COC(=O)C(C)=CCn1cccc(C)c1=O. The van der Waals surface area contributed by atoms with E-state index >= 15 is 0 Å². The van der Waals surface area contributed by atoms with Gasteiger partial charge in [0.1, 0.15) is 0 Å². The van der Waals surface area contributed by atoms with Crippen molar-refractivity contribution in [3.8, 4) is 0 Å². The number of carbonyl (C=O) groups excluding carboxylic acids is 1. The zero-order chi connectivity index (χ0) is 12.1. The molecule has 1 aromatic heterocycles. The lowest BCUT2D eigenvalue weighted by Gasteiger charge is -2.03. The summed E-state index contributed by atoms with van der Waals surface area (Å²) in [5, 5.41) is 0. The first kappa shape index (κ1) is 12.2. The van der Waals surface area contributed by atoms with Crippen LogP contribution in [-0.2, 0) is 16.1 Å². The van der Waals surface area contributed by atoms with Crippen molar-refractivity contribution in [3.63, 3.8) is 0 Å². The number of hydrogen-bond acceptors (Lipinski definition) is 3. The highest BCUT2D eigenvalue weighted by molar-refractivity contribution is 5.87. The summed E-state index contributed by atoms with van der Waals surface area (Å²) in [4.78, 5) is 22.7. The van der Waals surface area contributed by atoms with Crippen LogP contribution in [0.3, 0.4) is 0 Å². The van der Waals surface area contributed by atoms with E-state index in [2.05, 4.69) is 4.74 Å². The molecule has 0 atom stereocenters. The van der Waals surface area contributed by atoms with Gasteiger partial charge in [-0.15, -0.1) is 0 Å². The summed E-state index contributed by atoms with van der Waals surface area (Å²) in [6, 6.07) is 3.56. The maximum atomic E-state index is 11.6. The maximum Gasteiger partial charge on any atom is 0.333 e. The molecule has 1 aromatic rings. The lowest BCUT2D eigenvalue weighted by atomic mass is 10.2. The molecule has 0 aliphatic carbocycles. The monoisotopic (exact) mass is 221 g/mol. The van der Waals surface area contributed by atoms with Crippen LogP contribution in [0.5, 0.6) is 0 Å². The molecular weight excluding hydrogens is 206 g/mol. The number of ether oxygens (including phenoxy) is 1. The van der Waals surface area contributed by atoms with Crippen molar-refractivity contribution >= 4 is 5.97 Å². The molecule has 0 spiro atoms. The van der Waals surface area contributed by atoms with Crippen molar-refractivity contribution in [2.45, 2.75) is 20.4 Å². The summed E-state index contributed by atoms with van der Waals surface area (Å²) in [6.07, 6.45) is 3.36. The smallest absolute Gasteiger partial charge is 0.333 e. The first-order valence-electron chi connectivity index (χ1n) is 4.97. The van der Waals surface area contributed by atoms with E-state index in [0.29, 0.717) is 17.7 Å². The highest BCUT2D eigenvalue weighted by atomic mass is 16.5. The number of allylic oxidation sites excluding steroid dienone is 1. The third-order valence-electron chi connectivity index (χ3n) is 2.31. The van der Waals surface area contributed by atoms with Crippen molar-refractivity contribution < 1.29 is 9.53 Å². The van der Waals surface area contributed by atoms with Gasteiger partial charge in [-0.1, -0.05) is 12.1 Å². The number of aryl methyl sites for hydroxylation is 1. The molecule has 86 valence electrons. The number of aromatic nitrogens is 1. The molecule has 0 aliphatic rings. The molecule has 1 rings (SSSR count). The number of rotatable bonds is 3. The lowest BCUT2D eigenvalue weighted by Crippen LogP contribution is -2.20. The molecule has 0 radical (unpaired) electrons. The molecule has 0 saturated heterocycles. The van der Waals surface area contributed by atoms with Crippen LogP contribution in [0.25, 0.3) is 0 Å². The first-order valence-corrected chi connectivity index (χ1v) is 4.97. The average Bonchev–Trinajstić information content (AvgIpc) is 2.29. The standard InChI is InChI=1S/C12H15NO3/c1-9-5-4-7-13(11(9)14)8-6-10(2)12(15)16-3/h4-7H,8H2,1-3H3. The third kappa shape index (κ3) is 2.82. The van der Waals surface area contributed by atoms with Gasteiger partial charge in [0.25, 0.3) is 5.56 Å². The minimum atomic E-state index is -0.374. The van der Waals surface area contributed by atoms with Crippen molar-refractivity contribution in [2.75, 3.05) is 7.11 Å². The van der Waals surface area contributed by atoms with Gasteiger partial charge in [-0.2, -0.15) is 0 Å². The van der Waals surface area contributed by atoms with Crippen molar-refractivity contribution in [3.05, 3.63) is 45.9 Å². The fraction of sp³-hybridized carbons (Fsp3) is 0.333. The Morgan fingerprint density at radius 2 is 2.25 bits per heavy atom. The fourth-order valence-electron chi connectivity index (χ4n) is 1.28. The number of hydrogen-bond donors (Lipinski definition) is 0. The predicted molar refractivity (Wildman–Crippen MR) is 61.2 cm³/mol. The Labute approximate surface area is 94.2 Å². The normalized spacial score (nSPS) is 11.3. The second kappa shape index (κ2) is 5.30. The van der Waals surface area contributed by atoms with E-state index in [9.17, 15) is 9.59 Å². The van der Waals surface area contributed by atoms with Gasteiger partial charge < -0.3 is 9.30 Å². The largest absolute Gasteiger partial charge is 0.466 e. The van der Waals surface area contributed by atoms with Gasteiger partial charge in [-0.25, -0.2) is 4.79 Å². The van der Waals surface area contributed by atoms with E-state index in [4.69, 9.17) is 0 Å². The van der Waals surface area contributed by atoms with Crippen molar-refractivity contribution in [1.29, 1.82) is 0 Å². The van der Waals surface area contributed by atoms with Gasteiger partial charge in [0.2, 0.25) is 0 Å². The van der Waals surface area contributed by atoms with Crippen LogP contribution in [0.4, 0.5) is 0 Å². The number of pyridine rings is 1. The maximum absolute atomic E-state index is 11.6. The predicted octanol–water partition coefficient (Wildman–Crippen LogP) is 1.28. The molecule has 1 heterocycles. The zero-order valence-corrected chi connectivity index (χ0v) is 9.69. The summed E-state index contributed by atoms with van der Waals surface area (Å²) in [5.74, 6) is -0.374. The van der Waals surface area contributed by atoms with Crippen LogP contribution in [-0.4, -0.2) is 17.6 Å². The van der Waals surface area contributed by atoms with Crippen LogP contribution in [0.1, 0.15) is 12.5 Å².